The largest absolute Gasteiger partial charge is 0.416 e. The van der Waals surface area contributed by atoms with Crippen LogP contribution in [-0.2, 0) is 12.1 Å². The van der Waals surface area contributed by atoms with Gasteiger partial charge in [-0.2, -0.15) is 13.2 Å². The zero-order valence-corrected chi connectivity index (χ0v) is 11.2. The minimum Gasteiger partial charge on any atom is -0.166 e. The van der Waals surface area contributed by atoms with Gasteiger partial charge >= 0.3 is 6.18 Å². The minimum absolute atomic E-state index is 0.204. The van der Waals surface area contributed by atoms with Gasteiger partial charge in [0, 0.05) is 10.9 Å². The highest BCUT2D eigenvalue weighted by Crippen LogP contribution is 2.33. The van der Waals surface area contributed by atoms with Gasteiger partial charge in [-0.1, -0.05) is 35.9 Å². The van der Waals surface area contributed by atoms with Crippen molar-refractivity contribution in [2.75, 3.05) is 0 Å². The highest BCUT2D eigenvalue weighted by Gasteiger charge is 2.30. The zero-order chi connectivity index (χ0) is 14.0. The van der Waals surface area contributed by atoms with Crippen molar-refractivity contribution < 1.29 is 13.2 Å². The first-order valence-corrected chi connectivity index (χ1v) is 6.35. The van der Waals surface area contributed by atoms with Crippen LogP contribution in [0.25, 0.3) is 11.1 Å². The summed E-state index contributed by atoms with van der Waals surface area (Å²) in [6.07, 6.45) is -4.33. The molecule has 0 aliphatic carbocycles. The summed E-state index contributed by atoms with van der Waals surface area (Å²) in [4.78, 5) is 0. The Morgan fingerprint density at radius 3 is 2.11 bits per heavy atom. The molecule has 0 amide bonds. The van der Waals surface area contributed by atoms with E-state index in [1.165, 1.54) is 12.1 Å². The van der Waals surface area contributed by atoms with E-state index < -0.39 is 11.7 Å². The Morgan fingerprint density at radius 1 is 0.947 bits per heavy atom. The topological polar surface area (TPSA) is 0 Å². The van der Waals surface area contributed by atoms with E-state index in [2.05, 4.69) is 0 Å². The maximum absolute atomic E-state index is 12.5. The standard InChI is InChI=1S/C14H9Cl2F3/c15-8-12-11(2-1-3-13(12)16)9-4-6-10(7-5-9)14(17,18)19/h1-7H,8H2. The van der Waals surface area contributed by atoms with Crippen molar-refractivity contribution in [2.45, 2.75) is 12.1 Å². The lowest BCUT2D eigenvalue weighted by molar-refractivity contribution is -0.137. The molecular weight excluding hydrogens is 296 g/mol. The van der Waals surface area contributed by atoms with Crippen LogP contribution in [0.2, 0.25) is 5.02 Å². The van der Waals surface area contributed by atoms with Gasteiger partial charge in [0.05, 0.1) is 5.56 Å². The van der Waals surface area contributed by atoms with Gasteiger partial charge < -0.3 is 0 Å². The van der Waals surface area contributed by atoms with Gasteiger partial charge in [0.15, 0.2) is 0 Å². The maximum atomic E-state index is 12.5. The van der Waals surface area contributed by atoms with Crippen LogP contribution in [0.5, 0.6) is 0 Å². The molecule has 0 spiro atoms. The molecule has 0 nitrogen and oxygen atoms in total. The van der Waals surface area contributed by atoms with Crippen molar-refractivity contribution in [2.24, 2.45) is 0 Å². The Morgan fingerprint density at radius 2 is 1.58 bits per heavy atom. The van der Waals surface area contributed by atoms with Crippen molar-refractivity contribution in [1.82, 2.24) is 0 Å². The minimum atomic E-state index is -4.33. The zero-order valence-electron chi connectivity index (χ0n) is 9.64. The molecule has 0 bridgehead atoms. The summed E-state index contributed by atoms with van der Waals surface area (Å²) in [5.74, 6) is 0.204. The highest BCUT2D eigenvalue weighted by atomic mass is 35.5. The molecule has 0 unspecified atom stereocenters. The molecule has 2 aromatic rings. The predicted octanol–water partition coefficient (Wildman–Crippen LogP) is 5.76. The van der Waals surface area contributed by atoms with E-state index in [9.17, 15) is 13.2 Å². The molecule has 0 atom stereocenters. The molecular formula is C14H9Cl2F3. The van der Waals surface area contributed by atoms with Gasteiger partial charge in [0.2, 0.25) is 0 Å². The molecule has 2 rings (SSSR count). The van der Waals surface area contributed by atoms with Gasteiger partial charge in [0.25, 0.3) is 0 Å². The van der Waals surface area contributed by atoms with Gasteiger partial charge in [0.1, 0.15) is 0 Å². The quantitative estimate of drug-likeness (QED) is 0.618. The van der Waals surface area contributed by atoms with Crippen LogP contribution in [0, 0.1) is 0 Å². The fourth-order valence-corrected chi connectivity index (χ4v) is 2.40. The van der Waals surface area contributed by atoms with Crippen molar-refractivity contribution in [3.8, 4) is 11.1 Å². The van der Waals surface area contributed by atoms with Gasteiger partial charge in [-0.15, -0.1) is 11.6 Å². The SMILES string of the molecule is FC(F)(F)c1ccc(-c2cccc(Cl)c2CCl)cc1. The maximum Gasteiger partial charge on any atom is 0.416 e. The van der Waals surface area contributed by atoms with E-state index in [-0.39, 0.29) is 5.88 Å². The van der Waals surface area contributed by atoms with Gasteiger partial charge in [-0.25, -0.2) is 0 Å². The summed E-state index contributed by atoms with van der Waals surface area (Å²) in [7, 11) is 0. The molecule has 0 radical (unpaired) electrons. The third-order valence-corrected chi connectivity index (χ3v) is 3.40. The Labute approximate surface area is 118 Å². The third-order valence-electron chi connectivity index (χ3n) is 2.78. The van der Waals surface area contributed by atoms with E-state index >= 15 is 0 Å². The Balaban J connectivity index is 2.46. The summed E-state index contributed by atoms with van der Waals surface area (Å²) in [5.41, 5.74) is 1.44. The van der Waals surface area contributed by atoms with Gasteiger partial charge in [-0.05, 0) is 34.9 Å². The number of rotatable bonds is 2. The molecule has 0 N–H and O–H groups in total. The van der Waals surface area contributed by atoms with Crippen molar-refractivity contribution in [3.05, 3.63) is 58.6 Å². The lowest BCUT2D eigenvalue weighted by Gasteiger charge is -2.11. The van der Waals surface area contributed by atoms with E-state index in [4.69, 9.17) is 23.2 Å². The molecule has 5 heteroatoms. The fraction of sp³-hybridized carbons (Fsp3) is 0.143. The van der Waals surface area contributed by atoms with E-state index in [0.717, 1.165) is 17.7 Å². The molecule has 0 aromatic heterocycles. The number of hydrogen-bond donors (Lipinski definition) is 0. The summed E-state index contributed by atoms with van der Waals surface area (Å²) in [6, 6.07) is 10.2. The molecule has 100 valence electrons. The molecule has 2 aromatic carbocycles. The van der Waals surface area contributed by atoms with Crippen LogP contribution in [-0.4, -0.2) is 0 Å². The van der Waals surface area contributed by atoms with Crippen LogP contribution < -0.4 is 0 Å². The molecule has 19 heavy (non-hydrogen) atoms. The van der Waals surface area contributed by atoms with Gasteiger partial charge in [-0.3, -0.25) is 0 Å². The second-order valence-electron chi connectivity index (χ2n) is 3.97. The van der Waals surface area contributed by atoms with Crippen LogP contribution in [0.1, 0.15) is 11.1 Å². The first-order valence-electron chi connectivity index (χ1n) is 5.44. The average Bonchev–Trinajstić information content (AvgIpc) is 2.37. The van der Waals surface area contributed by atoms with Crippen LogP contribution >= 0.6 is 23.2 Å². The molecule has 0 aliphatic rings. The molecule has 0 heterocycles. The number of hydrogen-bond acceptors (Lipinski definition) is 0. The average molecular weight is 305 g/mol. The predicted molar refractivity (Wildman–Crippen MR) is 71.4 cm³/mol. The molecule has 0 saturated carbocycles. The Bertz CT molecular complexity index is 574. The van der Waals surface area contributed by atoms with Crippen LogP contribution in [0.15, 0.2) is 42.5 Å². The second kappa shape index (κ2) is 5.43. The lowest BCUT2D eigenvalue weighted by Crippen LogP contribution is -2.04. The number of halogens is 5. The fourth-order valence-electron chi connectivity index (χ4n) is 1.80. The van der Waals surface area contributed by atoms with Crippen LogP contribution in [0.4, 0.5) is 13.2 Å². The highest BCUT2D eigenvalue weighted by molar-refractivity contribution is 6.32. The lowest BCUT2D eigenvalue weighted by atomic mass is 9.99. The van der Waals surface area contributed by atoms with E-state index in [1.807, 2.05) is 0 Å². The van der Waals surface area contributed by atoms with Crippen LogP contribution in [0.3, 0.4) is 0 Å². The first kappa shape index (κ1) is 14.2. The molecule has 0 aliphatic heterocycles. The Hall–Kier alpha value is -1.19. The van der Waals surface area contributed by atoms with Crippen molar-refractivity contribution in [1.29, 1.82) is 0 Å². The van der Waals surface area contributed by atoms with Crippen molar-refractivity contribution in [3.63, 3.8) is 0 Å². The van der Waals surface area contributed by atoms with Crippen molar-refractivity contribution >= 4 is 23.2 Å². The Kier molecular flexibility index (Phi) is 4.07. The smallest absolute Gasteiger partial charge is 0.166 e. The summed E-state index contributed by atoms with van der Waals surface area (Å²) in [6.45, 7) is 0. The summed E-state index contributed by atoms with van der Waals surface area (Å²) >= 11 is 11.8. The first-order chi connectivity index (χ1) is 8.93. The summed E-state index contributed by atoms with van der Waals surface area (Å²) < 4.78 is 37.5. The van der Waals surface area contributed by atoms with E-state index in [0.29, 0.717) is 16.1 Å². The molecule has 0 saturated heterocycles. The third kappa shape index (κ3) is 3.04. The summed E-state index contributed by atoms with van der Waals surface area (Å²) in [5, 5.41) is 0.507. The normalized spacial score (nSPS) is 11.6. The molecule has 0 fully saturated rings. The van der Waals surface area contributed by atoms with E-state index in [1.54, 1.807) is 18.2 Å². The number of benzene rings is 2. The number of alkyl halides is 4. The second-order valence-corrected chi connectivity index (χ2v) is 4.65. The monoisotopic (exact) mass is 304 g/mol.